The fourth-order valence-electron chi connectivity index (χ4n) is 2.50. The summed E-state index contributed by atoms with van der Waals surface area (Å²) in [6, 6.07) is 14.1. The Labute approximate surface area is 144 Å². The van der Waals surface area contributed by atoms with Crippen LogP contribution in [0.1, 0.15) is 6.42 Å². The van der Waals surface area contributed by atoms with Gasteiger partial charge in [0, 0.05) is 18.0 Å². The van der Waals surface area contributed by atoms with E-state index in [1.807, 2.05) is 12.1 Å². The molecule has 24 heavy (non-hydrogen) atoms. The van der Waals surface area contributed by atoms with Crippen LogP contribution < -0.4 is 14.6 Å². The Morgan fingerprint density at radius 2 is 1.88 bits per heavy atom. The molecule has 0 aromatic heterocycles. The van der Waals surface area contributed by atoms with Crippen LogP contribution in [0.4, 0.5) is 16.2 Å². The quantitative estimate of drug-likeness (QED) is 0.911. The minimum atomic E-state index is -1.07. The van der Waals surface area contributed by atoms with Gasteiger partial charge in [0.2, 0.25) is 0 Å². The van der Waals surface area contributed by atoms with E-state index in [4.69, 9.17) is 16.3 Å². The van der Waals surface area contributed by atoms with Crippen LogP contribution in [0.15, 0.2) is 53.6 Å². The predicted molar refractivity (Wildman–Crippen MR) is 94.3 cm³/mol. The van der Waals surface area contributed by atoms with Crippen LogP contribution in [0.5, 0.6) is 5.75 Å². The number of halogens is 1. The number of hydrogen-bond donors (Lipinski definition) is 1. The van der Waals surface area contributed by atoms with Crippen molar-refractivity contribution in [3.8, 4) is 5.75 Å². The molecule has 0 saturated carbocycles. The van der Waals surface area contributed by atoms with Gasteiger partial charge in [-0.05, 0) is 48.5 Å². The first-order valence-corrected chi connectivity index (χ1v) is 7.74. The number of nitrogens with zero attached hydrogens (tertiary/aromatic N) is 3. The normalized spacial score (nSPS) is 13.6. The number of carbonyl (C=O) groups is 1. The number of benzene rings is 2. The molecule has 3 rings (SSSR count). The van der Waals surface area contributed by atoms with Crippen molar-refractivity contribution in [3.05, 3.63) is 53.6 Å². The zero-order chi connectivity index (χ0) is 17.1. The van der Waals surface area contributed by atoms with Gasteiger partial charge >= 0.3 is 6.09 Å². The third-order valence-corrected chi connectivity index (χ3v) is 3.94. The van der Waals surface area contributed by atoms with E-state index in [0.717, 1.165) is 5.69 Å². The van der Waals surface area contributed by atoms with Gasteiger partial charge in [0.1, 0.15) is 11.6 Å². The lowest BCUT2D eigenvalue weighted by Gasteiger charge is -2.18. The molecular formula is C17H16ClN3O3. The maximum Gasteiger partial charge on any atom is 0.417 e. The number of hydrogen-bond acceptors (Lipinski definition) is 4. The van der Waals surface area contributed by atoms with Crippen molar-refractivity contribution in [2.75, 3.05) is 23.6 Å². The first-order valence-electron chi connectivity index (χ1n) is 7.36. The highest BCUT2D eigenvalue weighted by Crippen LogP contribution is 2.26. The number of hydrazone groups is 1. The average molecular weight is 346 g/mol. The van der Waals surface area contributed by atoms with Crippen molar-refractivity contribution in [2.24, 2.45) is 5.10 Å². The van der Waals surface area contributed by atoms with E-state index in [0.29, 0.717) is 35.3 Å². The third-order valence-electron chi connectivity index (χ3n) is 3.69. The van der Waals surface area contributed by atoms with Crippen LogP contribution in [0.25, 0.3) is 0 Å². The van der Waals surface area contributed by atoms with Crippen molar-refractivity contribution >= 4 is 34.9 Å². The molecule has 124 valence electrons. The number of anilines is 2. The summed E-state index contributed by atoms with van der Waals surface area (Å²) < 4.78 is 5.10. The maximum absolute atomic E-state index is 11.7. The number of ether oxygens (including phenoxy) is 1. The molecule has 0 radical (unpaired) electrons. The molecule has 6 nitrogen and oxygen atoms in total. The molecule has 0 fully saturated rings. The van der Waals surface area contributed by atoms with Crippen LogP contribution in [0.3, 0.4) is 0 Å². The Balaban J connectivity index is 1.87. The van der Waals surface area contributed by atoms with Crippen LogP contribution in [0.2, 0.25) is 5.02 Å². The largest absolute Gasteiger partial charge is 0.497 e. The first kappa shape index (κ1) is 16.1. The van der Waals surface area contributed by atoms with Gasteiger partial charge in [0.25, 0.3) is 0 Å². The number of carboxylic acid groups (broad SMARTS) is 1. The summed E-state index contributed by atoms with van der Waals surface area (Å²) in [7, 11) is 1.56. The van der Waals surface area contributed by atoms with Gasteiger partial charge in [-0.3, -0.25) is 5.01 Å². The molecule has 1 heterocycles. The van der Waals surface area contributed by atoms with Crippen molar-refractivity contribution in [3.63, 3.8) is 0 Å². The minimum absolute atomic E-state index is 0.475. The molecule has 0 aliphatic carbocycles. The van der Waals surface area contributed by atoms with E-state index in [2.05, 4.69) is 5.10 Å². The number of amidine groups is 1. The van der Waals surface area contributed by atoms with Gasteiger partial charge in [-0.15, -0.1) is 0 Å². The molecule has 0 saturated heterocycles. The van der Waals surface area contributed by atoms with Crippen molar-refractivity contribution < 1.29 is 14.6 Å². The molecule has 1 N–H and O–H groups in total. The predicted octanol–water partition coefficient (Wildman–Crippen LogP) is 4.06. The molecule has 1 aliphatic rings. The second kappa shape index (κ2) is 6.80. The summed E-state index contributed by atoms with van der Waals surface area (Å²) in [6.45, 7) is 0.608. The molecule has 7 heteroatoms. The highest BCUT2D eigenvalue weighted by atomic mass is 35.5. The Morgan fingerprint density at radius 1 is 1.21 bits per heavy atom. The van der Waals surface area contributed by atoms with E-state index < -0.39 is 6.09 Å². The van der Waals surface area contributed by atoms with Crippen LogP contribution in [-0.4, -0.2) is 30.7 Å². The fourth-order valence-corrected chi connectivity index (χ4v) is 2.63. The van der Waals surface area contributed by atoms with Crippen LogP contribution in [-0.2, 0) is 0 Å². The van der Waals surface area contributed by atoms with E-state index >= 15 is 0 Å². The van der Waals surface area contributed by atoms with E-state index in [1.165, 1.54) is 4.90 Å². The SMILES string of the molecule is COc1ccc(N(C(=O)O)C2=NN(c3ccc(Cl)cc3)CC2)cc1. The lowest BCUT2D eigenvalue weighted by atomic mass is 10.2. The lowest BCUT2D eigenvalue weighted by Crippen LogP contribution is -2.34. The van der Waals surface area contributed by atoms with Gasteiger partial charge in [-0.2, -0.15) is 5.10 Å². The molecule has 1 amide bonds. The Morgan fingerprint density at radius 3 is 2.46 bits per heavy atom. The summed E-state index contributed by atoms with van der Waals surface area (Å²) in [5.41, 5.74) is 1.40. The monoisotopic (exact) mass is 345 g/mol. The number of methoxy groups -OCH3 is 1. The molecule has 2 aromatic rings. The Hall–Kier alpha value is -2.73. The standard InChI is InChI=1S/C17H16ClN3O3/c1-24-15-8-6-14(7-9-15)21(17(22)23)16-10-11-20(19-16)13-4-2-12(18)3-5-13/h2-9H,10-11H2,1H3,(H,22,23). The molecule has 2 aromatic carbocycles. The van der Waals surface area contributed by atoms with Crippen LogP contribution in [0, 0.1) is 0 Å². The molecule has 0 atom stereocenters. The van der Waals surface area contributed by atoms with Crippen molar-refractivity contribution in [1.82, 2.24) is 0 Å². The third kappa shape index (κ3) is 3.28. The Kier molecular flexibility index (Phi) is 4.57. The summed E-state index contributed by atoms with van der Waals surface area (Å²) in [5.74, 6) is 1.14. The smallest absolute Gasteiger partial charge is 0.417 e. The van der Waals surface area contributed by atoms with E-state index in [1.54, 1.807) is 48.5 Å². The number of amides is 1. The average Bonchev–Trinajstić information content (AvgIpc) is 3.05. The van der Waals surface area contributed by atoms with Gasteiger partial charge < -0.3 is 9.84 Å². The minimum Gasteiger partial charge on any atom is -0.497 e. The topological polar surface area (TPSA) is 65.4 Å². The van der Waals surface area contributed by atoms with Gasteiger partial charge in [0.15, 0.2) is 0 Å². The second-order valence-corrected chi connectivity index (χ2v) is 5.62. The summed E-state index contributed by atoms with van der Waals surface area (Å²) >= 11 is 5.89. The van der Waals surface area contributed by atoms with Gasteiger partial charge in [-0.1, -0.05) is 11.6 Å². The Bertz CT molecular complexity index is 760. The highest BCUT2D eigenvalue weighted by molar-refractivity contribution is 6.30. The van der Waals surface area contributed by atoms with E-state index in [-0.39, 0.29) is 0 Å². The summed E-state index contributed by atoms with van der Waals surface area (Å²) in [6.07, 6.45) is -0.544. The van der Waals surface area contributed by atoms with Crippen molar-refractivity contribution in [1.29, 1.82) is 0 Å². The lowest BCUT2D eigenvalue weighted by molar-refractivity contribution is 0.205. The van der Waals surface area contributed by atoms with Crippen molar-refractivity contribution in [2.45, 2.75) is 6.42 Å². The molecule has 0 bridgehead atoms. The maximum atomic E-state index is 11.7. The van der Waals surface area contributed by atoms with E-state index in [9.17, 15) is 9.90 Å². The van der Waals surface area contributed by atoms with Gasteiger partial charge in [-0.25, -0.2) is 9.69 Å². The first-order chi connectivity index (χ1) is 11.6. The zero-order valence-electron chi connectivity index (χ0n) is 13.0. The highest BCUT2D eigenvalue weighted by Gasteiger charge is 2.26. The molecule has 1 aliphatic heterocycles. The van der Waals surface area contributed by atoms with Crippen LogP contribution >= 0.6 is 11.6 Å². The zero-order valence-corrected chi connectivity index (χ0v) is 13.8. The molecular weight excluding hydrogens is 330 g/mol. The van der Waals surface area contributed by atoms with Gasteiger partial charge in [0.05, 0.1) is 18.5 Å². The second-order valence-electron chi connectivity index (χ2n) is 5.18. The fraction of sp³-hybridized carbons (Fsp3) is 0.176. The summed E-state index contributed by atoms with van der Waals surface area (Å²) in [4.78, 5) is 12.9. The molecule has 0 spiro atoms. The number of rotatable bonds is 3. The summed E-state index contributed by atoms with van der Waals surface area (Å²) in [5, 5.41) is 16.4. The molecule has 0 unspecified atom stereocenters.